The van der Waals surface area contributed by atoms with Crippen LogP contribution in [0.3, 0.4) is 0 Å². The Labute approximate surface area is 120 Å². The topological polar surface area (TPSA) is 56.0 Å². The molecule has 2 aromatic rings. The van der Waals surface area contributed by atoms with Gasteiger partial charge in [0.15, 0.2) is 0 Å². The average molecular weight is 317 g/mol. The predicted octanol–water partition coefficient (Wildman–Crippen LogP) is 4.20. The number of anilines is 1. The van der Waals surface area contributed by atoms with E-state index in [1.54, 1.807) is 24.3 Å². The molecule has 0 saturated carbocycles. The molecule has 0 aliphatic heterocycles. The van der Waals surface area contributed by atoms with Crippen molar-refractivity contribution >= 4 is 21.6 Å². The Balaban J connectivity index is 2.22. The largest absolute Gasteiger partial charge is 0.508 e. The summed E-state index contributed by atoms with van der Waals surface area (Å²) in [6.07, 6.45) is 0. The highest BCUT2D eigenvalue weighted by Crippen LogP contribution is 2.30. The van der Waals surface area contributed by atoms with Crippen molar-refractivity contribution in [2.24, 2.45) is 0 Å². The fourth-order valence-electron chi connectivity index (χ4n) is 1.87. The van der Waals surface area contributed by atoms with Crippen LogP contribution in [-0.2, 0) is 0 Å². The van der Waals surface area contributed by atoms with Crippen LogP contribution in [0.1, 0.15) is 24.1 Å². The number of nitrogens with one attached hydrogen (secondary N) is 1. The maximum Gasteiger partial charge on any atom is 0.120 e. The second-order valence-corrected chi connectivity index (χ2v) is 5.09. The molecule has 0 aliphatic carbocycles. The van der Waals surface area contributed by atoms with Gasteiger partial charge in [-0.3, -0.25) is 0 Å². The molecule has 19 heavy (non-hydrogen) atoms. The number of hydrogen-bond acceptors (Lipinski definition) is 3. The van der Waals surface area contributed by atoms with Crippen LogP contribution in [0.4, 0.5) is 5.69 Å². The van der Waals surface area contributed by atoms with E-state index < -0.39 is 0 Å². The number of halogens is 1. The van der Waals surface area contributed by atoms with Crippen molar-refractivity contribution in [1.82, 2.24) is 0 Å². The van der Waals surface area contributed by atoms with Gasteiger partial charge in [-0.1, -0.05) is 18.2 Å². The second-order valence-electron chi connectivity index (χ2n) is 4.23. The summed E-state index contributed by atoms with van der Waals surface area (Å²) in [5, 5.41) is 21.9. The zero-order chi connectivity index (χ0) is 13.8. The summed E-state index contributed by atoms with van der Waals surface area (Å²) < 4.78 is 0.828. The van der Waals surface area contributed by atoms with E-state index in [4.69, 9.17) is 5.26 Å². The Kier molecular flexibility index (Phi) is 4.08. The summed E-state index contributed by atoms with van der Waals surface area (Å²) in [5.41, 5.74) is 2.32. The molecular formula is C15H13BrN2O. The smallest absolute Gasteiger partial charge is 0.120 e. The fraction of sp³-hybridized carbons (Fsp3) is 0.133. The monoisotopic (exact) mass is 316 g/mol. The van der Waals surface area contributed by atoms with Crippen LogP contribution >= 0.6 is 15.9 Å². The molecular weight excluding hydrogens is 304 g/mol. The summed E-state index contributed by atoms with van der Waals surface area (Å²) in [6.45, 7) is 1.97. The molecule has 2 rings (SSSR count). The Morgan fingerprint density at radius 1 is 1.26 bits per heavy atom. The summed E-state index contributed by atoms with van der Waals surface area (Å²) >= 11 is 3.43. The molecule has 3 nitrogen and oxygen atoms in total. The number of nitrogens with zero attached hydrogens (tertiary/aromatic N) is 1. The maximum absolute atomic E-state index is 9.82. The summed E-state index contributed by atoms with van der Waals surface area (Å²) in [7, 11) is 0. The van der Waals surface area contributed by atoms with E-state index in [-0.39, 0.29) is 11.8 Å². The van der Waals surface area contributed by atoms with Gasteiger partial charge in [-0.2, -0.15) is 5.26 Å². The SMILES string of the molecule is CC(Nc1ccc(C#N)cc1Br)c1ccccc1O. The number of para-hydroxylation sites is 1. The van der Waals surface area contributed by atoms with Gasteiger partial charge in [-0.25, -0.2) is 0 Å². The number of phenols is 1. The lowest BCUT2D eigenvalue weighted by molar-refractivity contribution is 0.465. The van der Waals surface area contributed by atoms with Gasteiger partial charge in [0.2, 0.25) is 0 Å². The molecule has 0 spiro atoms. The normalized spacial score (nSPS) is 11.6. The van der Waals surface area contributed by atoms with E-state index in [9.17, 15) is 5.11 Å². The lowest BCUT2D eigenvalue weighted by atomic mass is 10.1. The third kappa shape index (κ3) is 3.07. The van der Waals surface area contributed by atoms with E-state index in [0.29, 0.717) is 5.56 Å². The third-order valence-electron chi connectivity index (χ3n) is 2.87. The minimum Gasteiger partial charge on any atom is -0.508 e. The van der Waals surface area contributed by atoms with Crippen molar-refractivity contribution in [1.29, 1.82) is 5.26 Å². The number of nitriles is 1. The van der Waals surface area contributed by atoms with Crippen molar-refractivity contribution in [3.05, 3.63) is 58.1 Å². The van der Waals surface area contributed by atoms with Crippen LogP contribution < -0.4 is 5.32 Å². The molecule has 0 aliphatic rings. The first-order valence-corrected chi connectivity index (χ1v) is 6.65. The average Bonchev–Trinajstić information content (AvgIpc) is 2.41. The molecule has 0 aromatic heterocycles. The van der Waals surface area contributed by atoms with Gasteiger partial charge in [-0.05, 0) is 47.1 Å². The van der Waals surface area contributed by atoms with Crippen LogP contribution in [0.5, 0.6) is 5.75 Å². The van der Waals surface area contributed by atoms with Crippen LogP contribution in [0.15, 0.2) is 46.9 Å². The fourth-order valence-corrected chi connectivity index (χ4v) is 2.36. The Morgan fingerprint density at radius 3 is 2.63 bits per heavy atom. The van der Waals surface area contributed by atoms with Gasteiger partial charge >= 0.3 is 0 Å². The Bertz CT molecular complexity index is 634. The molecule has 96 valence electrons. The molecule has 0 saturated heterocycles. The summed E-state index contributed by atoms with van der Waals surface area (Å²) in [5.74, 6) is 0.271. The number of phenolic OH excluding ortho intramolecular Hbond substituents is 1. The number of aromatic hydroxyl groups is 1. The van der Waals surface area contributed by atoms with Gasteiger partial charge in [0.25, 0.3) is 0 Å². The van der Waals surface area contributed by atoms with E-state index in [1.807, 2.05) is 25.1 Å². The highest BCUT2D eigenvalue weighted by Gasteiger charge is 2.11. The minimum atomic E-state index is -0.0366. The second kappa shape index (κ2) is 5.77. The molecule has 1 unspecified atom stereocenters. The maximum atomic E-state index is 9.82. The standard InChI is InChI=1S/C15H13BrN2O/c1-10(12-4-2-3-5-15(12)19)18-14-7-6-11(9-17)8-13(14)16/h2-8,10,18-19H,1H3. The Hall–Kier alpha value is -1.99. The van der Waals surface area contributed by atoms with Gasteiger partial charge in [0.1, 0.15) is 5.75 Å². The van der Waals surface area contributed by atoms with Gasteiger partial charge < -0.3 is 10.4 Å². The van der Waals surface area contributed by atoms with Crippen molar-refractivity contribution in [2.75, 3.05) is 5.32 Å². The number of hydrogen-bond donors (Lipinski definition) is 2. The highest BCUT2D eigenvalue weighted by atomic mass is 79.9. The molecule has 0 radical (unpaired) electrons. The predicted molar refractivity (Wildman–Crippen MR) is 79.0 cm³/mol. The molecule has 1 atom stereocenters. The first-order chi connectivity index (χ1) is 9.11. The molecule has 4 heteroatoms. The molecule has 2 aromatic carbocycles. The van der Waals surface area contributed by atoms with Gasteiger partial charge in [0.05, 0.1) is 17.7 Å². The van der Waals surface area contributed by atoms with Crippen molar-refractivity contribution in [3.8, 4) is 11.8 Å². The van der Waals surface area contributed by atoms with E-state index in [1.165, 1.54) is 0 Å². The summed E-state index contributed by atoms with van der Waals surface area (Å²) in [4.78, 5) is 0. The van der Waals surface area contributed by atoms with Crippen LogP contribution in [0, 0.1) is 11.3 Å². The first kappa shape index (κ1) is 13.4. The van der Waals surface area contributed by atoms with Crippen LogP contribution in [-0.4, -0.2) is 5.11 Å². The lowest BCUT2D eigenvalue weighted by Gasteiger charge is -2.18. The highest BCUT2D eigenvalue weighted by molar-refractivity contribution is 9.10. The third-order valence-corrected chi connectivity index (χ3v) is 3.53. The van der Waals surface area contributed by atoms with E-state index >= 15 is 0 Å². The molecule has 0 fully saturated rings. The van der Waals surface area contributed by atoms with Crippen LogP contribution in [0.2, 0.25) is 0 Å². The molecule has 2 N–H and O–H groups in total. The first-order valence-electron chi connectivity index (χ1n) is 5.86. The van der Waals surface area contributed by atoms with Crippen molar-refractivity contribution < 1.29 is 5.11 Å². The molecule has 0 bridgehead atoms. The number of rotatable bonds is 3. The summed E-state index contributed by atoms with van der Waals surface area (Å²) in [6, 6.07) is 14.7. The zero-order valence-electron chi connectivity index (χ0n) is 10.4. The van der Waals surface area contributed by atoms with Crippen LogP contribution in [0.25, 0.3) is 0 Å². The lowest BCUT2D eigenvalue weighted by Crippen LogP contribution is -2.07. The van der Waals surface area contributed by atoms with Crippen molar-refractivity contribution in [3.63, 3.8) is 0 Å². The van der Waals surface area contributed by atoms with E-state index in [0.717, 1.165) is 15.7 Å². The molecule has 0 amide bonds. The molecule has 0 heterocycles. The zero-order valence-corrected chi connectivity index (χ0v) is 12.0. The number of benzene rings is 2. The van der Waals surface area contributed by atoms with Crippen molar-refractivity contribution in [2.45, 2.75) is 13.0 Å². The quantitative estimate of drug-likeness (QED) is 0.892. The minimum absolute atomic E-state index is 0.0366. The Morgan fingerprint density at radius 2 is 2.00 bits per heavy atom. The van der Waals surface area contributed by atoms with Gasteiger partial charge in [0, 0.05) is 15.7 Å². The van der Waals surface area contributed by atoms with Gasteiger partial charge in [-0.15, -0.1) is 0 Å². The van der Waals surface area contributed by atoms with E-state index in [2.05, 4.69) is 27.3 Å².